The van der Waals surface area contributed by atoms with Gasteiger partial charge in [-0.05, 0) is 48.2 Å². The normalized spacial score (nSPS) is 19.1. The Hall–Kier alpha value is -3.07. The minimum atomic E-state index is -0.112. The van der Waals surface area contributed by atoms with Gasteiger partial charge in [0.1, 0.15) is 6.54 Å². The fourth-order valence-electron chi connectivity index (χ4n) is 4.00. The molecule has 34 heavy (non-hydrogen) atoms. The maximum atomic E-state index is 12.9. The van der Waals surface area contributed by atoms with Crippen LogP contribution in [0.5, 0.6) is 0 Å². The van der Waals surface area contributed by atoms with E-state index < -0.39 is 0 Å². The number of amides is 2. The summed E-state index contributed by atoms with van der Waals surface area (Å²) in [7, 11) is 1.72. The van der Waals surface area contributed by atoms with Crippen molar-refractivity contribution < 1.29 is 14.3 Å². The quantitative estimate of drug-likeness (QED) is 0.504. The van der Waals surface area contributed by atoms with E-state index in [0.29, 0.717) is 41.4 Å². The van der Waals surface area contributed by atoms with Crippen molar-refractivity contribution in [3.05, 3.63) is 70.2 Å². The van der Waals surface area contributed by atoms with E-state index in [2.05, 4.69) is 4.99 Å². The SMILES string of the molecule is CN1C(=O)/C(=C/c2cn(CC(=O)N3CCOCC3)c3ccccc23)SC1=Nc1ccc(Cl)cc1. The van der Waals surface area contributed by atoms with E-state index in [1.807, 2.05) is 58.1 Å². The Labute approximate surface area is 206 Å². The third-order valence-electron chi connectivity index (χ3n) is 5.83. The molecule has 0 radical (unpaired) electrons. The highest BCUT2D eigenvalue weighted by Gasteiger charge is 2.30. The Balaban J connectivity index is 1.44. The highest BCUT2D eigenvalue weighted by molar-refractivity contribution is 8.18. The molecule has 2 fully saturated rings. The fourth-order valence-corrected chi connectivity index (χ4v) is 5.10. The van der Waals surface area contributed by atoms with Gasteiger partial charge in [-0.25, -0.2) is 4.99 Å². The number of thioether (sulfide) groups is 1. The number of carbonyl (C=O) groups is 2. The van der Waals surface area contributed by atoms with E-state index in [1.54, 1.807) is 24.1 Å². The lowest BCUT2D eigenvalue weighted by Crippen LogP contribution is -2.42. The molecule has 3 heterocycles. The van der Waals surface area contributed by atoms with Crippen LogP contribution in [0.3, 0.4) is 0 Å². The zero-order chi connectivity index (χ0) is 23.7. The molecule has 0 spiro atoms. The second kappa shape index (κ2) is 9.66. The van der Waals surface area contributed by atoms with Gasteiger partial charge in [-0.3, -0.25) is 14.5 Å². The first-order valence-corrected chi connectivity index (χ1v) is 12.1. The molecule has 1 aromatic heterocycles. The number of carbonyl (C=O) groups excluding carboxylic acids is 2. The predicted octanol–water partition coefficient (Wildman–Crippen LogP) is 4.39. The highest BCUT2D eigenvalue weighted by Crippen LogP contribution is 2.35. The summed E-state index contributed by atoms with van der Waals surface area (Å²) in [6.07, 6.45) is 3.82. The molecule has 9 heteroatoms. The Morgan fingerprint density at radius 1 is 1.15 bits per heavy atom. The number of halogens is 1. The first kappa shape index (κ1) is 22.7. The van der Waals surface area contributed by atoms with E-state index >= 15 is 0 Å². The number of hydrogen-bond acceptors (Lipinski definition) is 5. The molecule has 2 saturated heterocycles. The van der Waals surface area contributed by atoms with Crippen LogP contribution in [0.25, 0.3) is 17.0 Å². The van der Waals surface area contributed by atoms with Crippen LogP contribution in [0.1, 0.15) is 5.56 Å². The zero-order valence-electron chi connectivity index (χ0n) is 18.6. The highest BCUT2D eigenvalue weighted by atomic mass is 35.5. The van der Waals surface area contributed by atoms with E-state index in [1.165, 1.54) is 11.8 Å². The summed E-state index contributed by atoms with van der Waals surface area (Å²) in [5, 5.41) is 2.23. The summed E-state index contributed by atoms with van der Waals surface area (Å²) in [5.74, 6) is -0.0503. The number of hydrogen-bond donors (Lipinski definition) is 0. The van der Waals surface area contributed by atoms with Gasteiger partial charge in [0.05, 0.1) is 23.8 Å². The number of ether oxygens (including phenoxy) is 1. The molecule has 0 unspecified atom stereocenters. The van der Waals surface area contributed by atoms with Crippen LogP contribution in [0.4, 0.5) is 5.69 Å². The maximum Gasteiger partial charge on any atom is 0.266 e. The Morgan fingerprint density at radius 2 is 1.88 bits per heavy atom. The molecule has 2 aliphatic rings. The van der Waals surface area contributed by atoms with E-state index in [9.17, 15) is 9.59 Å². The maximum absolute atomic E-state index is 12.9. The smallest absolute Gasteiger partial charge is 0.266 e. The van der Waals surface area contributed by atoms with Gasteiger partial charge in [0.25, 0.3) is 5.91 Å². The molecule has 2 aromatic carbocycles. The molecule has 3 aromatic rings. The molecule has 0 saturated carbocycles. The monoisotopic (exact) mass is 494 g/mol. The van der Waals surface area contributed by atoms with Gasteiger partial charge in [0, 0.05) is 47.8 Å². The molecule has 174 valence electrons. The Bertz CT molecular complexity index is 1310. The van der Waals surface area contributed by atoms with Crippen molar-refractivity contribution in [1.29, 1.82) is 0 Å². The van der Waals surface area contributed by atoms with Gasteiger partial charge in [-0.15, -0.1) is 0 Å². The van der Waals surface area contributed by atoms with Gasteiger partial charge in [-0.1, -0.05) is 29.8 Å². The van der Waals surface area contributed by atoms with Crippen LogP contribution in [0.2, 0.25) is 5.02 Å². The van der Waals surface area contributed by atoms with Crippen molar-refractivity contribution in [2.75, 3.05) is 33.4 Å². The van der Waals surface area contributed by atoms with Crippen molar-refractivity contribution in [3.63, 3.8) is 0 Å². The van der Waals surface area contributed by atoms with Crippen LogP contribution >= 0.6 is 23.4 Å². The number of likely N-dealkylation sites (N-methyl/N-ethyl adjacent to an activating group) is 1. The Kier molecular flexibility index (Phi) is 6.45. The third kappa shape index (κ3) is 4.61. The first-order chi connectivity index (χ1) is 16.5. The number of para-hydroxylation sites is 1. The van der Waals surface area contributed by atoms with Crippen LogP contribution < -0.4 is 0 Å². The number of morpholine rings is 1. The predicted molar refractivity (Wildman–Crippen MR) is 136 cm³/mol. The molecular weight excluding hydrogens is 472 g/mol. The lowest BCUT2D eigenvalue weighted by atomic mass is 10.1. The number of rotatable bonds is 4. The summed E-state index contributed by atoms with van der Waals surface area (Å²) < 4.78 is 7.31. The minimum absolute atomic E-state index is 0.0618. The fraction of sp³-hybridized carbons (Fsp3) is 0.240. The summed E-state index contributed by atoms with van der Waals surface area (Å²) in [6, 6.07) is 15.1. The first-order valence-electron chi connectivity index (χ1n) is 10.9. The summed E-state index contributed by atoms with van der Waals surface area (Å²) >= 11 is 7.29. The molecular formula is C25H23ClN4O3S. The number of amidine groups is 1. The van der Waals surface area contributed by atoms with Crippen LogP contribution in [0, 0.1) is 0 Å². The molecule has 2 amide bonds. The summed E-state index contributed by atoms with van der Waals surface area (Å²) in [5.41, 5.74) is 2.57. The number of nitrogens with zero attached hydrogens (tertiary/aromatic N) is 4. The average molecular weight is 495 g/mol. The zero-order valence-corrected chi connectivity index (χ0v) is 20.2. The van der Waals surface area contributed by atoms with E-state index in [-0.39, 0.29) is 18.4 Å². The average Bonchev–Trinajstić information content (AvgIpc) is 3.33. The second-order valence-corrected chi connectivity index (χ2v) is 9.51. The van der Waals surface area contributed by atoms with Crippen molar-refractivity contribution in [3.8, 4) is 0 Å². The Morgan fingerprint density at radius 3 is 2.65 bits per heavy atom. The van der Waals surface area contributed by atoms with Gasteiger partial charge in [0.2, 0.25) is 5.91 Å². The minimum Gasteiger partial charge on any atom is -0.378 e. The number of benzene rings is 2. The standard InChI is InChI=1S/C25H23ClN4O3S/c1-28-24(32)22(34-25(28)27-19-8-6-18(26)7-9-19)14-17-15-30(21-5-3-2-4-20(17)21)16-23(31)29-10-12-33-13-11-29/h2-9,14-15H,10-13,16H2,1H3/b22-14-,27-25?. The molecule has 0 aliphatic carbocycles. The largest absolute Gasteiger partial charge is 0.378 e. The van der Waals surface area contributed by atoms with Crippen molar-refractivity contribution in [2.45, 2.75) is 6.54 Å². The van der Waals surface area contributed by atoms with Crippen molar-refractivity contribution in [2.24, 2.45) is 4.99 Å². The lowest BCUT2D eigenvalue weighted by Gasteiger charge is -2.27. The topological polar surface area (TPSA) is 67.1 Å². The summed E-state index contributed by atoms with van der Waals surface area (Å²) in [4.78, 5) is 34.4. The van der Waals surface area contributed by atoms with E-state index in [0.717, 1.165) is 22.2 Å². The number of fused-ring (bicyclic) bond motifs is 1. The van der Waals surface area contributed by atoms with Crippen molar-refractivity contribution >= 4 is 63.0 Å². The van der Waals surface area contributed by atoms with E-state index in [4.69, 9.17) is 16.3 Å². The van der Waals surface area contributed by atoms with Crippen LogP contribution in [0.15, 0.2) is 64.6 Å². The van der Waals surface area contributed by atoms with Crippen molar-refractivity contribution in [1.82, 2.24) is 14.4 Å². The molecule has 2 aliphatic heterocycles. The van der Waals surface area contributed by atoms with Crippen LogP contribution in [-0.2, 0) is 20.9 Å². The van der Waals surface area contributed by atoms with Gasteiger partial charge < -0.3 is 14.2 Å². The number of aromatic nitrogens is 1. The lowest BCUT2D eigenvalue weighted by molar-refractivity contribution is -0.135. The van der Waals surface area contributed by atoms with Gasteiger partial charge >= 0.3 is 0 Å². The molecule has 0 atom stereocenters. The van der Waals surface area contributed by atoms with Gasteiger partial charge in [-0.2, -0.15) is 0 Å². The molecule has 0 N–H and O–H groups in total. The third-order valence-corrected chi connectivity index (χ3v) is 7.14. The van der Waals surface area contributed by atoms with Crippen LogP contribution in [-0.4, -0.2) is 64.7 Å². The van der Waals surface area contributed by atoms with Gasteiger partial charge in [0.15, 0.2) is 5.17 Å². The molecule has 5 rings (SSSR count). The number of aliphatic imine (C=N–C) groups is 1. The second-order valence-electron chi connectivity index (χ2n) is 8.07. The molecule has 7 nitrogen and oxygen atoms in total. The summed E-state index contributed by atoms with van der Waals surface area (Å²) in [6.45, 7) is 2.61. The molecule has 0 bridgehead atoms.